The Kier molecular flexibility index (Phi) is 5.74. The van der Waals surface area contributed by atoms with Crippen molar-refractivity contribution in [2.75, 3.05) is 11.9 Å². The van der Waals surface area contributed by atoms with Crippen molar-refractivity contribution in [3.8, 4) is 11.5 Å². The molecule has 0 aliphatic heterocycles. The number of carbonyl (C=O) groups excluding carboxylic acids is 1. The molecule has 3 rings (SSSR count). The summed E-state index contributed by atoms with van der Waals surface area (Å²) in [5.74, 6) is 1.41. The van der Waals surface area contributed by atoms with E-state index in [4.69, 9.17) is 4.74 Å². The molecule has 0 fully saturated rings. The molecule has 2 N–H and O–H groups in total. The number of ether oxygens (including phenoxy) is 1. The quantitative estimate of drug-likeness (QED) is 0.693. The van der Waals surface area contributed by atoms with E-state index < -0.39 is 0 Å². The van der Waals surface area contributed by atoms with Gasteiger partial charge in [-0.05, 0) is 54.1 Å². The van der Waals surface area contributed by atoms with Crippen LogP contribution in [-0.4, -0.2) is 17.4 Å². The zero-order valence-corrected chi connectivity index (χ0v) is 13.7. The van der Waals surface area contributed by atoms with Crippen LogP contribution in [0.25, 0.3) is 0 Å². The highest BCUT2D eigenvalue weighted by Crippen LogP contribution is 2.22. The Balaban J connectivity index is 1.45. The monoisotopic (exact) mass is 333 g/mol. The zero-order chi connectivity index (χ0) is 17.3. The van der Waals surface area contributed by atoms with E-state index >= 15 is 0 Å². The molecule has 1 amide bonds. The van der Waals surface area contributed by atoms with E-state index in [-0.39, 0.29) is 12.5 Å². The van der Waals surface area contributed by atoms with Crippen molar-refractivity contribution < 1.29 is 9.53 Å². The summed E-state index contributed by atoms with van der Waals surface area (Å²) in [6.45, 7) is 0.865. The second-order valence-corrected chi connectivity index (χ2v) is 5.45. The molecule has 0 radical (unpaired) electrons. The summed E-state index contributed by atoms with van der Waals surface area (Å²) in [6.07, 6.45) is 3.46. The van der Waals surface area contributed by atoms with Crippen LogP contribution in [0.4, 0.5) is 5.69 Å². The summed E-state index contributed by atoms with van der Waals surface area (Å²) in [7, 11) is 0. The van der Waals surface area contributed by atoms with Crippen LogP contribution in [0.2, 0.25) is 0 Å². The summed E-state index contributed by atoms with van der Waals surface area (Å²) in [6, 6.07) is 20.7. The maximum absolute atomic E-state index is 12.0. The molecule has 25 heavy (non-hydrogen) atoms. The van der Waals surface area contributed by atoms with E-state index in [0.29, 0.717) is 6.54 Å². The van der Waals surface area contributed by atoms with Gasteiger partial charge in [0, 0.05) is 24.6 Å². The Morgan fingerprint density at radius 3 is 2.28 bits per heavy atom. The third-order valence-corrected chi connectivity index (χ3v) is 3.48. The van der Waals surface area contributed by atoms with Gasteiger partial charge in [0.25, 0.3) is 0 Å². The highest BCUT2D eigenvalue weighted by Gasteiger charge is 2.03. The second-order valence-electron chi connectivity index (χ2n) is 5.45. The van der Waals surface area contributed by atoms with Gasteiger partial charge in [0.15, 0.2) is 0 Å². The molecule has 0 saturated carbocycles. The number of aromatic nitrogens is 1. The maximum atomic E-state index is 12.0. The first-order chi connectivity index (χ1) is 12.3. The number of para-hydroxylation sites is 1. The van der Waals surface area contributed by atoms with Gasteiger partial charge in [-0.2, -0.15) is 0 Å². The van der Waals surface area contributed by atoms with E-state index in [1.54, 1.807) is 12.4 Å². The van der Waals surface area contributed by atoms with Gasteiger partial charge in [0.1, 0.15) is 11.5 Å². The van der Waals surface area contributed by atoms with Crippen molar-refractivity contribution in [1.82, 2.24) is 10.3 Å². The average Bonchev–Trinajstić information content (AvgIpc) is 2.65. The molecule has 0 aliphatic rings. The number of pyridine rings is 1. The van der Waals surface area contributed by atoms with E-state index in [0.717, 1.165) is 22.7 Å². The van der Waals surface area contributed by atoms with E-state index in [2.05, 4.69) is 15.6 Å². The van der Waals surface area contributed by atoms with E-state index in [9.17, 15) is 4.79 Å². The van der Waals surface area contributed by atoms with Crippen molar-refractivity contribution in [2.24, 2.45) is 0 Å². The molecule has 0 unspecified atom stereocenters. The van der Waals surface area contributed by atoms with E-state index in [1.807, 2.05) is 66.7 Å². The van der Waals surface area contributed by atoms with Crippen LogP contribution in [0.3, 0.4) is 0 Å². The molecule has 5 nitrogen and oxygen atoms in total. The third kappa shape index (κ3) is 5.44. The lowest BCUT2D eigenvalue weighted by atomic mass is 10.2. The first-order valence-corrected chi connectivity index (χ1v) is 8.02. The Bertz CT molecular complexity index is 790. The summed E-state index contributed by atoms with van der Waals surface area (Å²) >= 11 is 0. The summed E-state index contributed by atoms with van der Waals surface area (Å²) in [5, 5.41) is 5.95. The third-order valence-electron chi connectivity index (χ3n) is 3.48. The molecule has 2 aromatic carbocycles. The fraction of sp³-hybridized carbons (Fsp3) is 0.100. The van der Waals surface area contributed by atoms with Crippen molar-refractivity contribution in [2.45, 2.75) is 6.54 Å². The van der Waals surface area contributed by atoms with Crippen LogP contribution in [0, 0.1) is 0 Å². The van der Waals surface area contributed by atoms with Crippen LogP contribution < -0.4 is 15.4 Å². The number of hydrogen-bond donors (Lipinski definition) is 2. The number of benzene rings is 2. The Labute approximate surface area is 146 Å². The van der Waals surface area contributed by atoms with Crippen molar-refractivity contribution >= 4 is 11.6 Å². The van der Waals surface area contributed by atoms with Crippen molar-refractivity contribution in [1.29, 1.82) is 0 Å². The molecular weight excluding hydrogens is 314 g/mol. The topological polar surface area (TPSA) is 63.2 Å². The number of carbonyl (C=O) groups is 1. The molecule has 0 aliphatic carbocycles. The van der Waals surface area contributed by atoms with E-state index in [1.165, 1.54) is 0 Å². The molecule has 5 heteroatoms. The van der Waals surface area contributed by atoms with Crippen LogP contribution >= 0.6 is 0 Å². The minimum atomic E-state index is -0.0919. The number of nitrogens with zero attached hydrogens (tertiary/aromatic N) is 1. The minimum absolute atomic E-state index is 0.0919. The molecule has 0 spiro atoms. The van der Waals surface area contributed by atoms with Crippen LogP contribution in [-0.2, 0) is 11.3 Å². The molecule has 3 aromatic rings. The fourth-order valence-corrected chi connectivity index (χ4v) is 2.26. The lowest BCUT2D eigenvalue weighted by Crippen LogP contribution is -2.27. The zero-order valence-electron chi connectivity index (χ0n) is 13.7. The molecule has 0 saturated heterocycles. The second kappa shape index (κ2) is 8.61. The lowest BCUT2D eigenvalue weighted by molar-refractivity contribution is -0.115. The molecule has 1 aromatic heterocycles. The van der Waals surface area contributed by atoms with Gasteiger partial charge in [0.2, 0.25) is 5.91 Å². The van der Waals surface area contributed by atoms with Gasteiger partial charge < -0.3 is 15.4 Å². The van der Waals surface area contributed by atoms with Gasteiger partial charge in [-0.1, -0.05) is 18.2 Å². The Hall–Kier alpha value is -3.18. The lowest BCUT2D eigenvalue weighted by Gasteiger charge is -2.09. The summed E-state index contributed by atoms with van der Waals surface area (Å²) < 4.78 is 5.72. The molecule has 1 heterocycles. The largest absolute Gasteiger partial charge is 0.457 e. The number of nitrogens with one attached hydrogen (secondary N) is 2. The molecular formula is C20H19N3O2. The van der Waals surface area contributed by atoms with Gasteiger partial charge in [-0.3, -0.25) is 9.78 Å². The van der Waals surface area contributed by atoms with Gasteiger partial charge in [0.05, 0.1) is 6.54 Å². The first-order valence-electron chi connectivity index (χ1n) is 8.02. The highest BCUT2D eigenvalue weighted by molar-refractivity contribution is 5.92. The number of amides is 1. The summed E-state index contributed by atoms with van der Waals surface area (Å²) in [5.41, 5.74) is 1.82. The normalized spacial score (nSPS) is 10.2. The number of anilines is 1. The molecule has 0 atom stereocenters. The predicted molar refractivity (Wildman–Crippen MR) is 97.5 cm³/mol. The van der Waals surface area contributed by atoms with Gasteiger partial charge >= 0.3 is 0 Å². The summed E-state index contributed by atoms with van der Waals surface area (Å²) in [4.78, 5) is 15.9. The Morgan fingerprint density at radius 2 is 1.56 bits per heavy atom. The SMILES string of the molecule is O=C(CNCc1ccncc1)Nc1ccc(Oc2ccccc2)cc1. The fourth-order valence-electron chi connectivity index (χ4n) is 2.26. The van der Waals surface area contributed by atoms with Crippen molar-refractivity contribution in [3.63, 3.8) is 0 Å². The predicted octanol–water partition coefficient (Wildman–Crippen LogP) is 3.60. The van der Waals surface area contributed by atoms with Crippen LogP contribution in [0.1, 0.15) is 5.56 Å². The highest BCUT2D eigenvalue weighted by atomic mass is 16.5. The molecule has 126 valence electrons. The van der Waals surface area contributed by atoms with Crippen molar-refractivity contribution in [3.05, 3.63) is 84.7 Å². The van der Waals surface area contributed by atoms with Gasteiger partial charge in [-0.15, -0.1) is 0 Å². The maximum Gasteiger partial charge on any atom is 0.238 e. The van der Waals surface area contributed by atoms with Crippen LogP contribution in [0.15, 0.2) is 79.1 Å². The van der Waals surface area contributed by atoms with Crippen LogP contribution in [0.5, 0.6) is 11.5 Å². The average molecular weight is 333 g/mol. The smallest absolute Gasteiger partial charge is 0.238 e. The Morgan fingerprint density at radius 1 is 0.880 bits per heavy atom. The number of hydrogen-bond acceptors (Lipinski definition) is 4. The molecule has 0 bridgehead atoms. The van der Waals surface area contributed by atoms with Gasteiger partial charge in [-0.25, -0.2) is 0 Å². The minimum Gasteiger partial charge on any atom is -0.457 e. The first kappa shape index (κ1) is 16.7. The number of rotatable bonds is 7. The standard InChI is InChI=1S/C20H19N3O2/c24-20(15-22-14-16-10-12-21-13-11-16)23-17-6-8-19(9-7-17)25-18-4-2-1-3-5-18/h1-13,22H,14-15H2,(H,23,24).